The van der Waals surface area contributed by atoms with Crippen molar-refractivity contribution in [1.82, 2.24) is 15.0 Å². The zero-order valence-corrected chi connectivity index (χ0v) is 29.5. The van der Waals surface area contributed by atoms with E-state index in [1.165, 1.54) is 16.7 Å². The van der Waals surface area contributed by atoms with E-state index in [9.17, 15) is 0 Å². The quantitative estimate of drug-likeness (QED) is 0.159. The largest absolute Gasteiger partial charge is 0.208 e. The zero-order valence-electron chi connectivity index (χ0n) is 29.5. The molecule has 3 heteroatoms. The van der Waals surface area contributed by atoms with Crippen molar-refractivity contribution in [2.75, 3.05) is 0 Å². The van der Waals surface area contributed by atoms with Crippen LogP contribution in [0.5, 0.6) is 0 Å². The minimum absolute atomic E-state index is 0.618. The van der Waals surface area contributed by atoms with Gasteiger partial charge in [0.1, 0.15) is 0 Å². The van der Waals surface area contributed by atoms with Gasteiger partial charge in [-0.25, -0.2) is 15.0 Å². The van der Waals surface area contributed by atoms with Crippen LogP contribution in [0.4, 0.5) is 0 Å². The van der Waals surface area contributed by atoms with E-state index in [0.717, 1.165) is 55.6 Å². The molecule has 0 saturated carbocycles. The van der Waals surface area contributed by atoms with Crippen LogP contribution in [-0.4, -0.2) is 15.0 Å². The third-order valence-electron chi connectivity index (χ3n) is 9.76. The highest BCUT2D eigenvalue weighted by molar-refractivity contribution is 5.93. The minimum Gasteiger partial charge on any atom is -0.208 e. The van der Waals surface area contributed by atoms with Gasteiger partial charge in [0.25, 0.3) is 0 Å². The molecule has 254 valence electrons. The second kappa shape index (κ2) is 14.8. The molecule has 0 spiro atoms. The maximum atomic E-state index is 5.26. The van der Waals surface area contributed by atoms with Crippen LogP contribution in [0.2, 0.25) is 0 Å². The third kappa shape index (κ3) is 6.74. The highest BCUT2D eigenvalue weighted by Crippen LogP contribution is 2.40. The predicted octanol–water partition coefficient (Wildman–Crippen LogP) is 13.2. The standard InChI is InChI=1S/C51H35N3/c1-5-16-36(17-6-1)38-30-32-41(33-31-38)49-52-50(45-27-14-26-44(35-45)43-25-13-24-42(34-43)37-18-7-2-8-19-37)54-51(53-49)47-29-15-28-46(39-20-9-3-10-21-39)48(47)40-22-11-4-12-23-40/h1-35H. The molecule has 54 heavy (non-hydrogen) atoms. The lowest BCUT2D eigenvalue weighted by molar-refractivity contribution is 1.07. The highest BCUT2D eigenvalue weighted by atomic mass is 15.0. The van der Waals surface area contributed by atoms with Gasteiger partial charge in [-0.1, -0.05) is 200 Å². The fourth-order valence-corrected chi connectivity index (χ4v) is 7.06. The molecule has 0 atom stereocenters. The van der Waals surface area contributed by atoms with Gasteiger partial charge in [-0.2, -0.15) is 0 Å². The first-order valence-corrected chi connectivity index (χ1v) is 18.2. The van der Waals surface area contributed by atoms with Crippen molar-refractivity contribution in [3.8, 4) is 89.8 Å². The molecule has 8 aromatic carbocycles. The molecule has 0 aliphatic carbocycles. The zero-order chi connectivity index (χ0) is 36.1. The molecule has 9 aromatic rings. The highest BCUT2D eigenvalue weighted by Gasteiger charge is 2.19. The van der Waals surface area contributed by atoms with Crippen molar-refractivity contribution in [1.29, 1.82) is 0 Å². The minimum atomic E-state index is 0.618. The molecule has 0 unspecified atom stereocenters. The van der Waals surface area contributed by atoms with Crippen LogP contribution in [0.15, 0.2) is 212 Å². The van der Waals surface area contributed by atoms with Crippen LogP contribution < -0.4 is 0 Å². The number of nitrogens with zero attached hydrogens (tertiary/aromatic N) is 3. The average molecular weight is 690 g/mol. The molecule has 1 heterocycles. The van der Waals surface area contributed by atoms with Crippen LogP contribution in [-0.2, 0) is 0 Å². The number of hydrogen-bond donors (Lipinski definition) is 0. The first kappa shape index (κ1) is 32.7. The third-order valence-corrected chi connectivity index (χ3v) is 9.76. The van der Waals surface area contributed by atoms with Crippen molar-refractivity contribution in [2.45, 2.75) is 0 Å². The summed E-state index contributed by atoms with van der Waals surface area (Å²) in [5, 5.41) is 0. The van der Waals surface area contributed by atoms with E-state index in [2.05, 4.69) is 200 Å². The molecular formula is C51H35N3. The van der Waals surface area contributed by atoms with E-state index in [1.54, 1.807) is 0 Å². The van der Waals surface area contributed by atoms with Crippen molar-refractivity contribution < 1.29 is 0 Å². The number of benzene rings is 8. The topological polar surface area (TPSA) is 38.7 Å². The summed E-state index contributed by atoms with van der Waals surface area (Å²) in [7, 11) is 0. The van der Waals surface area contributed by atoms with Gasteiger partial charge < -0.3 is 0 Å². The van der Waals surface area contributed by atoms with Gasteiger partial charge in [-0.3, -0.25) is 0 Å². The van der Waals surface area contributed by atoms with Crippen LogP contribution in [0.25, 0.3) is 89.8 Å². The normalized spacial score (nSPS) is 11.0. The predicted molar refractivity (Wildman–Crippen MR) is 223 cm³/mol. The van der Waals surface area contributed by atoms with E-state index in [1.807, 2.05) is 12.1 Å². The Hall–Kier alpha value is -7.23. The maximum Gasteiger partial charge on any atom is 0.164 e. The molecule has 0 aliphatic heterocycles. The molecule has 0 aliphatic rings. The van der Waals surface area contributed by atoms with Gasteiger partial charge in [0, 0.05) is 22.3 Å². The van der Waals surface area contributed by atoms with Crippen molar-refractivity contribution in [3.05, 3.63) is 212 Å². The second-order valence-corrected chi connectivity index (χ2v) is 13.2. The Morgan fingerprint density at radius 3 is 1.15 bits per heavy atom. The Morgan fingerprint density at radius 2 is 0.556 bits per heavy atom. The Kier molecular flexibility index (Phi) is 8.94. The Labute approximate surface area is 316 Å². The first-order valence-electron chi connectivity index (χ1n) is 18.2. The molecule has 0 fully saturated rings. The van der Waals surface area contributed by atoms with E-state index < -0.39 is 0 Å². The smallest absolute Gasteiger partial charge is 0.164 e. The van der Waals surface area contributed by atoms with E-state index in [-0.39, 0.29) is 0 Å². The Balaban J connectivity index is 1.22. The summed E-state index contributed by atoms with van der Waals surface area (Å²) in [5.41, 5.74) is 14.1. The van der Waals surface area contributed by atoms with E-state index in [4.69, 9.17) is 15.0 Å². The molecular weight excluding hydrogens is 655 g/mol. The SMILES string of the molecule is c1ccc(-c2ccc(-c3nc(-c4cccc(-c5cccc(-c6ccccc6)c5)c4)nc(-c4cccc(-c5ccccc5)c4-c4ccccc4)n3)cc2)cc1. The fraction of sp³-hybridized carbons (Fsp3) is 0. The Bertz CT molecular complexity index is 2670. The van der Waals surface area contributed by atoms with Gasteiger partial charge in [0.05, 0.1) is 0 Å². The monoisotopic (exact) mass is 689 g/mol. The van der Waals surface area contributed by atoms with Crippen molar-refractivity contribution in [3.63, 3.8) is 0 Å². The summed E-state index contributed by atoms with van der Waals surface area (Å²) in [6.07, 6.45) is 0. The van der Waals surface area contributed by atoms with Gasteiger partial charge in [-0.05, 0) is 62.2 Å². The summed E-state index contributed by atoms with van der Waals surface area (Å²) < 4.78 is 0. The van der Waals surface area contributed by atoms with Gasteiger partial charge in [0.2, 0.25) is 0 Å². The van der Waals surface area contributed by atoms with Crippen LogP contribution in [0, 0.1) is 0 Å². The molecule has 0 saturated heterocycles. The maximum absolute atomic E-state index is 5.26. The van der Waals surface area contributed by atoms with Crippen LogP contribution in [0.1, 0.15) is 0 Å². The Morgan fingerprint density at radius 1 is 0.204 bits per heavy atom. The van der Waals surface area contributed by atoms with E-state index in [0.29, 0.717) is 17.5 Å². The number of rotatable bonds is 8. The average Bonchev–Trinajstić information content (AvgIpc) is 3.27. The molecule has 1 aromatic heterocycles. The molecule has 3 nitrogen and oxygen atoms in total. The van der Waals surface area contributed by atoms with Gasteiger partial charge >= 0.3 is 0 Å². The molecule has 0 amide bonds. The fourth-order valence-electron chi connectivity index (χ4n) is 7.06. The van der Waals surface area contributed by atoms with Crippen molar-refractivity contribution in [2.24, 2.45) is 0 Å². The summed E-state index contributed by atoms with van der Waals surface area (Å²) in [4.78, 5) is 15.7. The summed E-state index contributed by atoms with van der Waals surface area (Å²) in [5.74, 6) is 1.86. The van der Waals surface area contributed by atoms with Crippen molar-refractivity contribution >= 4 is 0 Å². The van der Waals surface area contributed by atoms with Gasteiger partial charge in [0.15, 0.2) is 17.5 Å². The lowest BCUT2D eigenvalue weighted by Crippen LogP contribution is -2.02. The number of hydrogen-bond acceptors (Lipinski definition) is 3. The van der Waals surface area contributed by atoms with Crippen LogP contribution >= 0.6 is 0 Å². The second-order valence-electron chi connectivity index (χ2n) is 13.2. The first-order chi connectivity index (χ1) is 26.8. The van der Waals surface area contributed by atoms with Crippen LogP contribution in [0.3, 0.4) is 0 Å². The van der Waals surface area contributed by atoms with Gasteiger partial charge in [-0.15, -0.1) is 0 Å². The summed E-state index contributed by atoms with van der Waals surface area (Å²) in [6.45, 7) is 0. The van der Waals surface area contributed by atoms with E-state index >= 15 is 0 Å². The molecule has 0 radical (unpaired) electrons. The summed E-state index contributed by atoms with van der Waals surface area (Å²) in [6, 6.07) is 74.0. The lowest BCUT2D eigenvalue weighted by atomic mass is 9.90. The summed E-state index contributed by atoms with van der Waals surface area (Å²) >= 11 is 0. The lowest BCUT2D eigenvalue weighted by Gasteiger charge is -2.16. The molecule has 0 N–H and O–H groups in total. The molecule has 9 rings (SSSR count). The number of aromatic nitrogens is 3. The molecule has 0 bridgehead atoms.